The first-order valence-electron chi connectivity index (χ1n) is 3.51. The average Bonchev–Trinajstić information content (AvgIpc) is 1.98. The number of rotatable bonds is 6. The SMILES string of the molecule is CCCO[Si-](OC)OCC.[Li+]. The minimum Gasteiger partial charge on any atom is -0.544 e. The molecule has 0 saturated heterocycles. The maximum atomic E-state index is 5.24. The van der Waals surface area contributed by atoms with Crippen molar-refractivity contribution in [3.8, 4) is 0 Å². The van der Waals surface area contributed by atoms with Crippen LogP contribution in [0.25, 0.3) is 0 Å². The van der Waals surface area contributed by atoms with E-state index >= 15 is 0 Å². The van der Waals surface area contributed by atoms with Crippen molar-refractivity contribution >= 4 is 9.53 Å². The summed E-state index contributed by atoms with van der Waals surface area (Å²) in [6.45, 7) is 5.37. The molecule has 0 aromatic carbocycles. The first-order valence-corrected chi connectivity index (χ1v) is 4.74. The molecule has 0 fully saturated rings. The molecule has 3 nitrogen and oxygen atoms in total. The van der Waals surface area contributed by atoms with Crippen molar-refractivity contribution in [2.45, 2.75) is 20.3 Å². The van der Waals surface area contributed by atoms with E-state index in [1.807, 2.05) is 6.92 Å². The number of hydrogen-bond acceptors (Lipinski definition) is 3. The van der Waals surface area contributed by atoms with Gasteiger partial charge in [0.25, 0.3) is 0 Å². The van der Waals surface area contributed by atoms with Gasteiger partial charge < -0.3 is 13.3 Å². The molecule has 0 unspecified atom stereocenters. The third-order valence-electron chi connectivity index (χ3n) is 0.853. The van der Waals surface area contributed by atoms with Crippen LogP contribution >= 0.6 is 0 Å². The molecular weight excluding hydrogens is 155 g/mol. The van der Waals surface area contributed by atoms with Gasteiger partial charge in [-0.15, -0.1) is 0 Å². The van der Waals surface area contributed by atoms with Crippen molar-refractivity contribution in [1.82, 2.24) is 0 Å². The van der Waals surface area contributed by atoms with Crippen LogP contribution in [0.2, 0.25) is 0 Å². The third-order valence-corrected chi connectivity index (χ3v) is 2.15. The van der Waals surface area contributed by atoms with Crippen LogP contribution in [0, 0.1) is 0 Å². The predicted molar refractivity (Wildman–Crippen MR) is 40.6 cm³/mol. The van der Waals surface area contributed by atoms with Gasteiger partial charge in [-0.05, 0) is 20.5 Å². The van der Waals surface area contributed by atoms with Crippen LogP contribution in [0.1, 0.15) is 20.3 Å². The van der Waals surface area contributed by atoms with Crippen LogP contribution in [0.4, 0.5) is 0 Å². The van der Waals surface area contributed by atoms with Gasteiger partial charge in [0, 0.05) is 13.2 Å². The molecule has 0 rings (SSSR count). The molecule has 0 aliphatic carbocycles. The van der Waals surface area contributed by atoms with E-state index in [-0.39, 0.29) is 18.9 Å². The van der Waals surface area contributed by atoms with E-state index in [0.29, 0.717) is 6.61 Å². The molecule has 0 radical (unpaired) electrons. The second-order valence-corrected chi connectivity index (χ2v) is 3.22. The van der Waals surface area contributed by atoms with Gasteiger partial charge in [-0.1, -0.05) is 6.92 Å². The standard InChI is InChI=1S/C6H15O3Si.Li/c1-4-6-9-10(7-3)8-5-2;/h4-6H2,1-3H3;/q-1;+1. The maximum Gasteiger partial charge on any atom is 1.00 e. The van der Waals surface area contributed by atoms with Gasteiger partial charge in [-0.25, -0.2) is 0 Å². The zero-order valence-corrected chi connectivity index (χ0v) is 8.85. The topological polar surface area (TPSA) is 27.7 Å². The van der Waals surface area contributed by atoms with E-state index in [0.717, 1.165) is 13.0 Å². The minimum atomic E-state index is -1.40. The summed E-state index contributed by atoms with van der Waals surface area (Å²) in [5.41, 5.74) is 0. The molecule has 0 amide bonds. The Morgan fingerprint density at radius 2 is 1.82 bits per heavy atom. The van der Waals surface area contributed by atoms with E-state index in [1.54, 1.807) is 7.11 Å². The average molecular weight is 170 g/mol. The van der Waals surface area contributed by atoms with Crippen LogP contribution < -0.4 is 18.9 Å². The van der Waals surface area contributed by atoms with E-state index in [9.17, 15) is 0 Å². The fourth-order valence-corrected chi connectivity index (χ4v) is 1.39. The third kappa shape index (κ3) is 8.60. The Morgan fingerprint density at radius 1 is 1.18 bits per heavy atom. The largest absolute Gasteiger partial charge is 1.00 e. The van der Waals surface area contributed by atoms with Gasteiger partial charge in [0.2, 0.25) is 9.53 Å². The van der Waals surface area contributed by atoms with Crippen LogP contribution in [0.15, 0.2) is 0 Å². The van der Waals surface area contributed by atoms with Crippen LogP contribution in [0.3, 0.4) is 0 Å². The molecule has 0 aliphatic heterocycles. The molecule has 0 N–H and O–H groups in total. The Labute approximate surface area is 82.5 Å². The summed E-state index contributed by atoms with van der Waals surface area (Å²) in [5.74, 6) is 0. The molecule has 11 heavy (non-hydrogen) atoms. The molecule has 62 valence electrons. The van der Waals surface area contributed by atoms with Crippen LogP contribution in [-0.4, -0.2) is 29.9 Å². The summed E-state index contributed by atoms with van der Waals surface area (Å²) in [4.78, 5) is 0. The zero-order chi connectivity index (χ0) is 7.82. The van der Waals surface area contributed by atoms with Crippen molar-refractivity contribution in [2.75, 3.05) is 20.3 Å². The summed E-state index contributed by atoms with van der Waals surface area (Å²) in [7, 11) is 0.213. The van der Waals surface area contributed by atoms with Crippen LogP contribution in [-0.2, 0) is 13.3 Å². The van der Waals surface area contributed by atoms with Gasteiger partial charge in [-0.3, -0.25) is 0 Å². The molecule has 0 bridgehead atoms. The van der Waals surface area contributed by atoms with Crippen molar-refractivity contribution < 1.29 is 32.1 Å². The minimum absolute atomic E-state index is 0. The van der Waals surface area contributed by atoms with Crippen molar-refractivity contribution in [1.29, 1.82) is 0 Å². The smallest absolute Gasteiger partial charge is 0.544 e. The Bertz CT molecular complexity index is 74.8. The summed E-state index contributed by atoms with van der Waals surface area (Å²) in [6, 6.07) is 0. The Kier molecular flexibility index (Phi) is 13.8. The van der Waals surface area contributed by atoms with E-state index < -0.39 is 9.53 Å². The molecule has 5 heteroatoms. The summed E-state index contributed by atoms with van der Waals surface area (Å²) >= 11 is 0. The Morgan fingerprint density at radius 3 is 2.18 bits per heavy atom. The Balaban J connectivity index is 0. The summed E-state index contributed by atoms with van der Waals surface area (Å²) in [5, 5.41) is 0. The van der Waals surface area contributed by atoms with Gasteiger partial charge in [0.15, 0.2) is 0 Å². The molecule has 0 saturated carbocycles. The second-order valence-electron chi connectivity index (χ2n) is 1.74. The van der Waals surface area contributed by atoms with E-state index in [4.69, 9.17) is 13.3 Å². The first kappa shape index (κ1) is 14.2. The second kappa shape index (κ2) is 10.7. The van der Waals surface area contributed by atoms with Crippen molar-refractivity contribution in [3.63, 3.8) is 0 Å². The normalized spacial score (nSPS) is 9.82. The summed E-state index contributed by atoms with van der Waals surface area (Å²) in [6.07, 6.45) is 1.00. The molecule has 0 spiro atoms. The molecule has 0 atom stereocenters. The zero-order valence-electron chi connectivity index (χ0n) is 7.85. The van der Waals surface area contributed by atoms with Gasteiger partial charge in [0.05, 0.1) is 0 Å². The quantitative estimate of drug-likeness (QED) is 0.435. The first-order chi connectivity index (χ1) is 4.85. The fourth-order valence-electron chi connectivity index (χ4n) is 0.463. The van der Waals surface area contributed by atoms with Crippen LogP contribution in [0.5, 0.6) is 0 Å². The van der Waals surface area contributed by atoms with Crippen molar-refractivity contribution in [2.24, 2.45) is 0 Å². The molecular formula is C6H15LiO3Si. The monoisotopic (exact) mass is 170 g/mol. The van der Waals surface area contributed by atoms with Gasteiger partial charge >= 0.3 is 18.9 Å². The molecule has 0 heterocycles. The van der Waals surface area contributed by atoms with E-state index in [1.165, 1.54) is 0 Å². The number of hydrogen-bond donors (Lipinski definition) is 0. The van der Waals surface area contributed by atoms with Crippen molar-refractivity contribution in [3.05, 3.63) is 0 Å². The van der Waals surface area contributed by atoms with Gasteiger partial charge in [0.1, 0.15) is 0 Å². The van der Waals surface area contributed by atoms with Gasteiger partial charge in [-0.2, -0.15) is 0 Å². The predicted octanol–water partition coefficient (Wildman–Crippen LogP) is -1.92. The molecule has 0 aromatic heterocycles. The maximum absolute atomic E-state index is 5.24. The fraction of sp³-hybridized carbons (Fsp3) is 1.00. The Hall–Kier alpha value is 0.694. The summed E-state index contributed by atoms with van der Waals surface area (Å²) < 4.78 is 15.3. The van der Waals surface area contributed by atoms with E-state index in [2.05, 4.69) is 6.92 Å². The molecule has 0 aromatic rings. The molecule has 0 aliphatic rings.